The molecule has 0 radical (unpaired) electrons. The lowest BCUT2D eigenvalue weighted by atomic mass is 9.96. The Morgan fingerprint density at radius 2 is 1.87 bits per heavy atom. The van der Waals surface area contributed by atoms with Gasteiger partial charge in [0.05, 0.1) is 24.1 Å². The molecule has 3 aliphatic heterocycles. The highest BCUT2D eigenvalue weighted by molar-refractivity contribution is 6.00. The molecular formula is C28H32F3N3O4. The van der Waals surface area contributed by atoms with E-state index >= 15 is 0 Å². The van der Waals surface area contributed by atoms with E-state index in [0.29, 0.717) is 6.54 Å². The Morgan fingerprint density at radius 1 is 1.08 bits per heavy atom. The average molecular weight is 532 g/mol. The van der Waals surface area contributed by atoms with Crippen LogP contribution in [0.3, 0.4) is 0 Å². The molecule has 10 heteroatoms. The molecule has 5 rings (SSSR count). The van der Waals surface area contributed by atoms with Crippen LogP contribution >= 0.6 is 0 Å². The molecule has 7 nitrogen and oxygen atoms in total. The topological polar surface area (TPSA) is 73.3 Å². The molecule has 0 spiro atoms. The zero-order valence-electron chi connectivity index (χ0n) is 21.1. The van der Waals surface area contributed by atoms with Crippen LogP contribution in [0.5, 0.6) is 5.75 Å². The number of amides is 2. The highest BCUT2D eigenvalue weighted by Gasteiger charge is 2.43. The quantitative estimate of drug-likeness (QED) is 0.641. The molecule has 0 bridgehead atoms. The molecule has 204 valence electrons. The van der Waals surface area contributed by atoms with Crippen LogP contribution in [0.1, 0.15) is 44.7 Å². The zero-order valence-corrected chi connectivity index (χ0v) is 21.1. The summed E-state index contributed by atoms with van der Waals surface area (Å²) in [7, 11) is 0. The van der Waals surface area contributed by atoms with E-state index in [2.05, 4.69) is 17.0 Å². The number of hydrogen-bond acceptors (Lipinski definition) is 5. The van der Waals surface area contributed by atoms with Crippen LogP contribution in [-0.4, -0.2) is 89.8 Å². The number of fused-ring (bicyclic) bond motifs is 2. The van der Waals surface area contributed by atoms with Gasteiger partial charge in [-0.2, -0.15) is 13.2 Å². The lowest BCUT2D eigenvalue weighted by Crippen LogP contribution is -2.44. The summed E-state index contributed by atoms with van der Waals surface area (Å²) in [6.45, 7) is 2.53. The normalized spacial score (nSPS) is 21.3. The minimum Gasteiger partial charge on any atom is -0.491 e. The van der Waals surface area contributed by atoms with Crippen LogP contribution in [0.4, 0.5) is 13.2 Å². The van der Waals surface area contributed by atoms with Gasteiger partial charge >= 0.3 is 6.18 Å². The number of piperidine rings is 1. The standard InChI is InChI=1S/C28H32F3N3O4/c29-28(30,31)22-6-3-10-33(16-22)26(36)20-7-8-24-25(14-20)38-13-12-34(27(24)37)18-23(35)17-32-11-9-19-4-1-2-5-21(19)15-32/h1-2,4-5,7-8,14,22-23,35H,3,6,9-13,15-18H2/t22?,23-/m1/s1. The van der Waals surface area contributed by atoms with Crippen LogP contribution in [0, 0.1) is 5.92 Å². The fraction of sp³-hybridized carbons (Fsp3) is 0.500. The molecule has 2 aromatic carbocycles. The van der Waals surface area contributed by atoms with Gasteiger partial charge in [0.15, 0.2) is 0 Å². The smallest absolute Gasteiger partial charge is 0.393 e. The lowest BCUT2D eigenvalue weighted by Gasteiger charge is -2.33. The number of β-amino-alcohol motifs (C(OH)–C–C–N with tert-alkyl or cyclic N) is 1. The Bertz CT molecular complexity index is 1190. The molecule has 0 saturated carbocycles. The van der Waals surface area contributed by atoms with Crippen molar-refractivity contribution >= 4 is 11.8 Å². The van der Waals surface area contributed by atoms with Crippen LogP contribution in [0.15, 0.2) is 42.5 Å². The fourth-order valence-electron chi connectivity index (χ4n) is 5.59. The molecular weight excluding hydrogens is 499 g/mol. The molecule has 3 heterocycles. The third-order valence-corrected chi connectivity index (χ3v) is 7.65. The number of alkyl halides is 3. The maximum absolute atomic E-state index is 13.3. The molecule has 1 saturated heterocycles. The van der Waals surface area contributed by atoms with Gasteiger partial charge in [-0.1, -0.05) is 24.3 Å². The first-order valence-corrected chi connectivity index (χ1v) is 13.1. The third-order valence-electron chi connectivity index (χ3n) is 7.65. The number of rotatable bonds is 5. The zero-order chi connectivity index (χ0) is 26.9. The van der Waals surface area contributed by atoms with Crippen LogP contribution in [0.25, 0.3) is 0 Å². The highest BCUT2D eigenvalue weighted by atomic mass is 19.4. The number of ether oxygens (including phenoxy) is 1. The van der Waals surface area contributed by atoms with Gasteiger partial charge in [0.1, 0.15) is 12.4 Å². The lowest BCUT2D eigenvalue weighted by molar-refractivity contribution is -0.184. The molecule has 2 amide bonds. The van der Waals surface area contributed by atoms with Gasteiger partial charge in [-0.3, -0.25) is 14.5 Å². The number of likely N-dealkylation sites (tertiary alicyclic amines) is 1. The highest BCUT2D eigenvalue weighted by Crippen LogP contribution is 2.34. The van der Waals surface area contributed by atoms with E-state index in [-0.39, 0.29) is 68.4 Å². The van der Waals surface area contributed by atoms with Gasteiger partial charge < -0.3 is 19.6 Å². The van der Waals surface area contributed by atoms with Crippen molar-refractivity contribution in [3.8, 4) is 5.75 Å². The average Bonchev–Trinajstić information content (AvgIpc) is 3.05. The first-order chi connectivity index (χ1) is 18.2. The van der Waals surface area contributed by atoms with Gasteiger partial charge in [-0.25, -0.2) is 0 Å². The van der Waals surface area contributed by atoms with Gasteiger partial charge in [0.25, 0.3) is 11.8 Å². The Hall–Kier alpha value is -3.11. The van der Waals surface area contributed by atoms with Gasteiger partial charge in [-0.05, 0) is 48.6 Å². The summed E-state index contributed by atoms with van der Waals surface area (Å²) in [5, 5.41) is 10.8. The molecule has 3 aliphatic rings. The predicted molar refractivity (Wildman–Crippen MR) is 134 cm³/mol. The summed E-state index contributed by atoms with van der Waals surface area (Å²) in [5.74, 6) is -2.11. The second-order valence-electron chi connectivity index (χ2n) is 10.4. The molecule has 0 aromatic heterocycles. The van der Waals surface area contributed by atoms with Crippen molar-refractivity contribution < 1.29 is 32.6 Å². The molecule has 38 heavy (non-hydrogen) atoms. The van der Waals surface area contributed by atoms with E-state index in [1.807, 2.05) is 12.1 Å². The summed E-state index contributed by atoms with van der Waals surface area (Å²) in [5.41, 5.74) is 3.04. The number of halogens is 3. The number of nitrogens with zero attached hydrogens (tertiary/aromatic N) is 3. The second kappa shape index (κ2) is 10.9. The minimum absolute atomic E-state index is 0.0157. The number of hydrogen-bond donors (Lipinski definition) is 1. The van der Waals surface area contributed by atoms with Crippen LogP contribution in [0.2, 0.25) is 0 Å². The summed E-state index contributed by atoms with van der Waals surface area (Å²) >= 11 is 0. The monoisotopic (exact) mass is 531 g/mol. The number of aliphatic hydroxyl groups is 1. The fourth-order valence-corrected chi connectivity index (χ4v) is 5.59. The number of benzene rings is 2. The molecule has 1 N–H and O–H groups in total. The van der Waals surface area contributed by atoms with Crippen molar-refractivity contribution in [1.82, 2.24) is 14.7 Å². The van der Waals surface area contributed by atoms with Crippen molar-refractivity contribution in [2.75, 3.05) is 45.9 Å². The number of carbonyl (C=O) groups is 2. The van der Waals surface area contributed by atoms with Crippen molar-refractivity contribution in [3.05, 3.63) is 64.7 Å². The summed E-state index contributed by atoms with van der Waals surface area (Å²) in [6.07, 6.45) is -3.86. The summed E-state index contributed by atoms with van der Waals surface area (Å²) < 4.78 is 45.3. The molecule has 2 atom stereocenters. The largest absolute Gasteiger partial charge is 0.491 e. The first kappa shape index (κ1) is 26.5. The van der Waals surface area contributed by atoms with Crippen molar-refractivity contribution in [3.63, 3.8) is 0 Å². The Morgan fingerprint density at radius 3 is 2.66 bits per heavy atom. The maximum Gasteiger partial charge on any atom is 0.393 e. The number of carbonyl (C=O) groups excluding carboxylic acids is 2. The van der Waals surface area contributed by atoms with Crippen LogP contribution in [-0.2, 0) is 13.0 Å². The number of aliphatic hydroxyl groups excluding tert-OH is 1. The van der Waals surface area contributed by atoms with E-state index in [0.717, 1.165) is 19.5 Å². The van der Waals surface area contributed by atoms with E-state index in [1.165, 1.54) is 34.2 Å². The second-order valence-corrected chi connectivity index (χ2v) is 10.4. The van der Waals surface area contributed by atoms with Crippen LogP contribution < -0.4 is 4.74 Å². The summed E-state index contributed by atoms with van der Waals surface area (Å²) in [4.78, 5) is 31.2. The molecule has 0 aliphatic carbocycles. The van der Waals surface area contributed by atoms with Crippen molar-refractivity contribution in [2.24, 2.45) is 5.92 Å². The summed E-state index contributed by atoms with van der Waals surface area (Å²) in [6, 6.07) is 12.7. The van der Waals surface area contributed by atoms with Gasteiger partial charge in [-0.15, -0.1) is 0 Å². The van der Waals surface area contributed by atoms with E-state index < -0.39 is 24.1 Å². The van der Waals surface area contributed by atoms with Gasteiger partial charge in [0, 0.05) is 44.8 Å². The molecule has 1 fully saturated rings. The SMILES string of the molecule is O=C(c1ccc2c(c1)OCCN(C[C@H](O)CN1CCc3ccccc3C1)C2=O)N1CCCC(C(F)(F)F)C1. The van der Waals surface area contributed by atoms with E-state index in [1.54, 1.807) is 4.90 Å². The van der Waals surface area contributed by atoms with Crippen molar-refractivity contribution in [2.45, 2.75) is 38.1 Å². The molecule has 1 unspecified atom stereocenters. The van der Waals surface area contributed by atoms with Gasteiger partial charge in [0.2, 0.25) is 0 Å². The maximum atomic E-state index is 13.3. The van der Waals surface area contributed by atoms with E-state index in [4.69, 9.17) is 4.74 Å². The van der Waals surface area contributed by atoms with E-state index in [9.17, 15) is 27.9 Å². The third kappa shape index (κ3) is 5.81. The Kier molecular flexibility index (Phi) is 7.63. The predicted octanol–water partition coefficient (Wildman–Crippen LogP) is 3.35. The minimum atomic E-state index is -4.34. The van der Waals surface area contributed by atoms with Crippen molar-refractivity contribution in [1.29, 1.82) is 0 Å². The Balaban J connectivity index is 1.22. The first-order valence-electron chi connectivity index (χ1n) is 13.1. The Labute approximate surface area is 219 Å². The molecule has 2 aromatic rings.